The normalized spacial score (nSPS) is 6.00. The molecular formula is C18H44Cl20O4. The second kappa shape index (κ2) is 252. The molecule has 0 aromatic rings. The minimum Gasteiger partial charge on any atom is -0.397 e. The van der Waals surface area contributed by atoms with Gasteiger partial charge in [0.2, 0.25) is 0 Å². The number of hydrogen-bond donors (Lipinski definition) is 4. The highest BCUT2D eigenvalue weighted by molar-refractivity contribution is 6.43. The number of hydrogen-bond acceptors (Lipinski definition) is 4. The van der Waals surface area contributed by atoms with E-state index in [-0.39, 0.29) is 79.8 Å². The Morgan fingerprint density at radius 3 is 0.214 bits per heavy atom. The number of aliphatic hydroxyl groups excluding tert-OH is 4. The monoisotopic (exact) mass is 1020 g/mol. The largest absolute Gasteiger partial charge is 0.397 e. The highest BCUT2D eigenvalue weighted by atomic mass is 35.6. The summed E-state index contributed by atoms with van der Waals surface area (Å²) in [7, 11) is 0. The van der Waals surface area contributed by atoms with Crippen molar-refractivity contribution in [3.63, 3.8) is 0 Å². The van der Waals surface area contributed by atoms with Crippen molar-refractivity contribution in [3.8, 4) is 0 Å². The Bertz CT molecular complexity index is 110. The molecular weight excluding hydrogens is 989 g/mol. The van der Waals surface area contributed by atoms with Gasteiger partial charge in [0.05, 0.1) is 53.4 Å². The van der Waals surface area contributed by atoms with E-state index >= 15 is 0 Å². The number of alkyl halides is 20. The lowest BCUT2D eigenvalue weighted by atomic mass is 10.9. The van der Waals surface area contributed by atoms with Crippen molar-refractivity contribution >= 4 is 232 Å². The van der Waals surface area contributed by atoms with Gasteiger partial charge in [-0.25, -0.2) is 0 Å². The van der Waals surface area contributed by atoms with E-state index in [1.165, 1.54) is 0 Å². The molecule has 0 aliphatic rings. The Balaban J connectivity index is -0.0000000168. The van der Waals surface area contributed by atoms with E-state index in [0.29, 0.717) is 0 Å². The molecule has 0 radical (unpaired) electrons. The molecule has 0 spiro atoms. The summed E-state index contributed by atoms with van der Waals surface area (Å²) in [5.41, 5.74) is 0. The molecule has 0 bridgehead atoms. The SMILES string of the molecule is CCO.CCO.CCO.CCO.ClCCl.ClCCl.ClCCl.ClCCl.ClCCl.ClCCl.ClCCl.ClCCl.ClCCl.ClCCl. The van der Waals surface area contributed by atoms with Gasteiger partial charge in [0.1, 0.15) is 0 Å². The van der Waals surface area contributed by atoms with Crippen LogP contribution in [-0.4, -0.2) is 100 Å². The first kappa shape index (κ1) is 91.6. The zero-order valence-corrected chi connectivity index (χ0v) is 38.4. The molecule has 0 atom stereocenters. The van der Waals surface area contributed by atoms with Gasteiger partial charge in [0.25, 0.3) is 0 Å². The smallest absolute Gasteiger partial charge is 0.0967 e. The lowest BCUT2D eigenvalue weighted by molar-refractivity contribution is 0.318. The van der Waals surface area contributed by atoms with Crippen LogP contribution in [0.1, 0.15) is 27.7 Å². The van der Waals surface area contributed by atoms with Gasteiger partial charge in [0.15, 0.2) is 0 Å². The predicted octanol–water partition coefficient (Wildman–Crippen LogP) is 14.2. The molecule has 0 aliphatic carbocycles. The van der Waals surface area contributed by atoms with Gasteiger partial charge in [-0.3, -0.25) is 0 Å². The third-order valence-corrected chi connectivity index (χ3v) is 0. The van der Waals surface area contributed by atoms with Crippen LogP contribution in [0.5, 0.6) is 0 Å². The maximum atomic E-state index is 7.57. The fraction of sp³-hybridized carbons (Fsp3) is 1.00. The number of rotatable bonds is 0. The van der Waals surface area contributed by atoms with E-state index in [2.05, 4.69) is 0 Å². The van der Waals surface area contributed by atoms with Crippen molar-refractivity contribution < 1.29 is 20.4 Å². The van der Waals surface area contributed by atoms with Crippen molar-refractivity contribution in [1.82, 2.24) is 0 Å². The van der Waals surface area contributed by atoms with Crippen LogP contribution >= 0.6 is 232 Å². The first-order chi connectivity index (χ1) is 19.8. The lowest BCUT2D eigenvalue weighted by Gasteiger charge is -1.52. The van der Waals surface area contributed by atoms with Crippen molar-refractivity contribution in [2.45, 2.75) is 27.7 Å². The first-order valence-electron chi connectivity index (χ1n) is 9.44. The Hall–Kier alpha value is 5.64. The van der Waals surface area contributed by atoms with Crippen molar-refractivity contribution in [2.75, 3.05) is 79.8 Å². The highest BCUT2D eigenvalue weighted by Crippen LogP contribution is 1.75. The second-order valence-corrected chi connectivity index (χ2v) is 10.4. The predicted molar refractivity (Wildman–Crippen MR) is 217 cm³/mol. The van der Waals surface area contributed by atoms with Gasteiger partial charge in [0, 0.05) is 26.4 Å². The zero-order chi connectivity index (χ0) is 37.9. The first-order valence-corrected chi connectivity index (χ1v) is 20.1. The fourth-order valence-corrected chi connectivity index (χ4v) is 0. The average molecular weight is 1030 g/mol. The lowest BCUT2D eigenvalue weighted by Crippen LogP contribution is -1.57. The maximum absolute atomic E-state index is 7.57. The van der Waals surface area contributed by atoms with Crippen molar-refractivity contribution in [2.24, 2.45) is 0 Å². The molecule has 0 rings (SSSR count). The molecule has 24 heteroatoms. The molecule has 0 saturated heterocycles. The molecule has 0 saturated carbocycles. The number of halogens is 20. The molecule has 0 aromatic heterocycles. The van der Waals surface area contributed by atoms with Crippen LogP contribution in [0.25, 0.3) is 0 Å². The third-order valence-electron chi connectivity index (χ3n) is 0. The quantitative estimate of drug-likeness (QED) is 0.182. The Kier molecular flexibility index (Phi) is 549. The van der Waals surface area contributed by atoms with Gasteiger partial charge >= 0.3 is 0 Å². The molecule has 280 valence electrons. The van der Waals surface area contributed by atoms with Crippen LogP contribution in [0.2, 0.25) is 0 Å². The van der Waals surface area contributed by atoms with E-state index in [9.17, 15) is 0 Å². The van der Waals surface area contributed by atoms with Crippen LogP contribution in [0.3, 0.4) is 0 Å². The van der Waals surface area contributed by atoms with Gasteiger partial charge < -0.3 is 20.4 Å². The van der Waals surface area contributed by atoms with Crippen LogP contribution in [0, 0.1) is 0 Å². The summed E-state index contributed by atoms with van der Waals surface area (Å²) in [6.07, 6.45) is 0. The summed E-state index contributed by atoms with van der Waals surface area (Å²) in [4.78, 5) is 0. The van der Waals surface area contributed by atoms with Crippen LogP contribution in [0.4, 0.5) is 0 Å². The molecule has 0 amide bonds. The van der Waals surface area contributed by atoms with Crippen LogP contribution < -0.4 is 0 Å². The van der Waals surface area contributed by atoms with E-state index in [4.69, 9.17) is 252 Å². The van der Waals surface area contributed by atoms with Gasteiger partial charge in [-0.05, 0) is 27.7 Å². The number of aliphatic hydroxyl groups is 4. The minimum absolute atomic E-state index is 0.194. The Morgan fingerprint density at radius 2 is 0.214 bits per heavy atom. The van der Waals surface area contributed by atoms with Crippen molar-refractivity contribution in [1.29, 1.82) is 0 Å². The molecule has 42 heavy (non-hydrogen) atoms. The second-order valence-electron chi connectivity index (χ2n) is 2.28. The molecule has 4 nitrogen and oxygen atoms in total. The molecule has 0 heterocycles. The maximum Gasteiger partial charge on any atom is 0.0967 e. The Labute approximate surface area is 355 Å². The summed E-state index contributed by atoms with van der Waals surface area (Å²) in [6.45, 7) is 7.72. The molecule has 0 fully saturated rings. The van der Waals surface area contributed by atoms with Gasteiger partial charge in [-0.1, -0.05) is 0 Å². The summed E-state index contributed by atoms with van der Waals surface area (Å²) in [5.74, 6) is 0. The van der Waals surface area contributed by atoms with Crippen molar-refractivity contribution in [3.05, 3.63) is 0 Å². The van der Waals surface area contributed by atoms with E-state index in [1.807, 2.05) is 0 Å². The van der Waals surface area contributed by atoms with Crippen LogP contribution in [0.15, 0.2) is 0 Å². The van der Waals surface area contributed by atoms with E-state index < -0.39 is 0 Å². The molecule has 0 aromatic carbocycles. The summed E-state index contributed by atoms with van der Waals surface area (Å²) >= 11 is 95.3. The summed E-state index contributed by atoms with van der Waals surface area (Å²) < 4.78 is 0. The molecule has 0 aliphatic heterocycles. The topological polar surface area (TPSA) is 80.9 Å². The summed E-state index contributed by atoms with van der Waals surface area (Å²) in [6, 6.07) is 0. The fourth-order valence-electron chi connectivity index (χ4n) is 0. The minimum atomic E-state index is 0.194. The summed E-state index contributed by atoms with van der Waals surface area (Å²) in [5, 5.41) is 32.2. The van der Waals surface area contributed by atoms with Gasteiger partial charge in [-0.15, -0.1) is 232 Å². The average Bonchev–Trinajstić information content (AvgIpc) is 2.86. The zero-order valence-electron chi connectivity index (χ0n) is 23.2. The van der Waals surface area contributed by atoms with Gasteiger partial charge in [-0.2, -0.15) is 0 Å². The molecule has 4 N–H and O–H groups in total. The standard InChI is InChI=1S/4C2H6O.10CH2Cl2/c4*1-2-3;10*2-1-3/h4*3H,2H2,1H3;10*1H2. The van der Waals surface area contributed by atoms with E-state index in [1.54, 1.807) is 27.7 Å². The van der Waals surface area contributed by atoms with Crippen LogP contribution in [-0.2, 0) is 0 Å². The van der Waals surface area contributed by atoms with E-state index in [0.717, 1.165) is 0 Å². The molecule has 0 unspecified atom stereocenters. The third kappa shape index (κ3) is 2860. The Morgan fingerprint density at radius 1 is 0.214 bits per heavy atom. The highest BCUT2D eigenvalue weighted by Gasteiger charge is 1.44.